The van der Waals surface area contributed by atoms with Crippen LogP contribution in [0.3, 0.4) is 0 Å². The van der Waals surface area contributed by atoms with Crippen molar-refractivity contribution in [1.82, 2.24) is 14.8 Å². The van der Waals surface area contributed by atoms with Crippen LogP contribution in [0.25, 0.3) is 11.3 Å². The lowest BCUT2D eigenvalue weighted by atomic mass is 10.1. The first-order valence-corrected chi connectivity index (χ1v) is 4.51. The Morgan fingerprint density at radius 1 is 1.60 bits per heavy atom. The summed E-state index contributed by atoms with van der Waals surface area (Å²) in [5, 5.41) is 13.2. The van der Waals surface area contributed by atoms with Gasteiger partial charge in [-0.05, 0) is 13.0 Å². The number of aromatic nitrogens is 3. The summed E-state index contributed by atoms with van der Waals surface area (Å²) < 4.78 is 1.59. The summed E-state index contributed by atoms with van der Waals surface area (Å²) >= 11 is 0. The Morgan fingerprint density at radius 3 is 2.87 bits per heavy atom. The first-order valence-electron chi connectivity index (χ1n) is 4.51. The van der Waals surface area contributed by atoms with Crippen LogP contribution in [-0.2, 0) is 7.05 Å². The maximum Gasteiger partial charge on any atom is 0.339 e. The normalized spacial score (nSPS) is 10.5. The zero-order valence-electron chi connectivity index (χ0n) is 8.48. The van der Waals surface area contributed by atoms with Crippen LogP contribution in [0.2, 0.25) is 0 Å². The van der Waals surface area contributed by atoms with E-state index >= 15 is 0 Å². The van der Waals surface area contributed by atoms with Crippen LogP contribution in [0.15, 0.2) is 18.5 Å². The summed E-state index contributed by atoms with van der Waals surface area (Å²) in [5.74, 6) is -0.947. The first kappa shape index (κ1) is 9.51. The van der Waals surface area contributed by atoms with Gasteiger partial charge in [0.05, 0.1) is 11.4 Å². The van der Waals surface area contributed by atoms with Crippen LogP contribution in [0.1, 0.15) is 16.1 Å². The van der Waals surface area contributed by atoms with Crippen LogP contribution >= 0.6 is 0 Å². The third-order valence-electron chi connectivity index (χ3n) is 2.31. The van der Waals surface area contributed by atoms with Gasteiger partial charge in [-0.25, -0.2) is 4.79 Å². The Balaban J connectivity index is 2.70. The molecular weight excluding hydrogens is 194 g/mol. The summed E-state index contributed by atoms with van der Waals surface area (Å²) in [4.78, 5) is 14.0. The number of aryl methyl sites for hydroxylation is 2. The third-order valence-corrected chi connectivity index (χ3v) is 2.31. The van der Waals surface area contributed by atoms with Gasteiger partial charge in [0.2, 0.25) is 0 Å². The Bertz CT molecular complexity index is 497. The summed E-state index contributed by atoms with van der Waals surface area (Å²) in [6.07, 6.45) is 3.51. The van der Waals surface area contributed by atoms with E-state index in [4.69, 9.17) is 5.11 Å². The van der Waals surface area contributed by atoms with Gasteiger partial charge in [-0.3, -0.25) is 4.68 Å². The van der Waals surface area contributed by atoms with Gasteiger partial charge >= 0.3 is 5.97 Å². The highest BCUT2D eigenvalue weighted by atomic mass is 16.4. The molecule has 0 aliphatic rings. The zero-order valence-corrected chi connectivity index (χ0v) is 8.48. The predicted octanol–water partition coefficient (Wildman–Crippen LogP) is 1.42. The second kappa shape index (κ2) is 3.27. The molecule has 0 unspecified atom stereocenters. The fraction of sp³-hybridized carbons (Fsp3) is 0.200. The van der Waals surface area contributed by atoms with Crippen molar-refractivity contribution >= 4 is 5.97 Å². The molecule has 0 atom stereocenters. The number of aromatic carboxylic acids is 1. The van der Waals surface area contributed by atoms with Crippen LogP contribution in [0.4, 0.5) is 0 Å². The average molecular weight is 205 g/mol. The van der Waals surface area contributed by atoms with Crippen LogP contribution in [0.5, 0.6) is 0 Å². The lowest BCUT2D eigenvalue weighted by molar-refractivity contribution is 0.0697. The number of aromatic amines is 1. The molecular formula is C10H11N3O2. The number of H-pyrrole nitrogens is 1. The van der Waals surface area contributed by atoms with Gasteiger partial charge in [0.25, 0.3) is 0 Å². The van der Waals surface area contributed by atoms with E-state index in [1.54, 1.807) is 31.0 Å². The van der Waals surface area contributed by atoms with E-state index in [-0.39, 0.29) is 5.56 Å². The van der Waals surface area contributed by atoms with Crippen molar-refractivity contribution in [1.29, 1.82) is 0 Å². The number of carbonyl (C=O) groups is 1. The molecule has 2 heterocycles. The molecule has 0 saturated heterocycles. The molecule has 0 amide bonds. The van der Waals surface area contributed by atoms with Crippen molar-refractivity contribution in [3.63, 3.8) is 0 Å². The summed E-state index contributed by atoms with van der Waals surface area (Å²) in [6.45, 7) is 1.69. The van der Waals surface area contributed by atoms with Crippen molar-refractivity contribution in [2.24, 2.45) is 7.05 Å². The Morgan fingerprint density at radius 2 is 2.33 bits per heavy atom. The van der Waals surface area contributed by atoms with E-state index in [1.807, 2.05) is 6.07 Å². The van der Waals surface area contributed by atoms with Crippen molar-refractivity contribution in [3.05, 3.63) is 29.7 Å². The minimum atomic E-state index is -0.947. The molecule has 0 aromatic carbocycles. The molecule has 0 radical (unpaired) electrons. The second-order valence-corrected chi connectivity index (χ2v) is 3.34. The molecule has 5 heteroatoms. The number of carboxylic acids is 1. The van der Waals surface area contributed by atoms with Gasteiger partial charge in [0, 0.05) is 25.0 Å². The topological polar surface area (TPSA) is 70.9 Å². The molecule has 0 spiro atoms. The van der Waals surface area contributed by atoms with E-state index in [0.717, 1.165) is 5.56 Å². The highest BCUT2D eigenvalue weighted by Crippen LogP contribution is 2.25. The first-order chi connectivity index (χ1) is 7.11. The Kier molecular flexibility index (Phi) is 2.07. The monoisotopic (exact) mass is 205 g/mol. The number of rotatable bonds is 2. The fourth-order valence-electron chi connectivity index (χ4n) is 1.72. The van der Waals surface area contributed by atoms with Gasteiger partial charge in [-0.2, -0.15) is 5.10 Å². The molecule has 0 aliphatic carbocycles. The van der Waals surface area contributed by atoms with E-state index < -0.39 is 5.97 Å². The molecule has 0 bridgehead atoms. The molecule has 5 nitrogen and oxygen atoms in total. The van der Waals surface area contributed by atoms with Crippen LogP contribution in [0, 0.1) is 6.92 Å². The van der Waals surface area contributed by atoms with E-state index in [1.165, 1.54) is 0 Å². The van der Waals surface area contributed by atoms with Crippen LogP contribution < -0.4 is 0 Å². The molecule has 2 N–H and O–H groups in total. The van der Waals surface area contributed by atoms with Crippen molar-refractivity contribution in [2.45, 2.75) is 6.92 Å². The van der Waals surface area contributed by atoms with Gasteiger partial charge in [-0.1, -0.05) is 0 Å². The largest absolute Gasteiger partial charge is 0.478 e. The molecule has 78 valence electrons. The van der Waals surface area contributed by atoms with Crippen molar-refractivity contribution in [2.75, 3.05) is 0 Å². The van der Waals surface area contributed by atoms with E-state index in [0.29, 0.717) is 11.4 Å². The predicted molar refractivity (Wildman–Crippen MR) is 54.7 cm³/mol. The number of nitrogens with one attached hydrogen (secondary N) is 1. The van der Waals surface area contributed by atoms with Gasteiger partial charge in [0.15, 0.2) is 0 Å². The lowest BCUT2D eigenvalue weighted by Gasteiger charge is -2.00. The smallest absolute Gasteiger partial charge is 0.339 e. The second-order valence-electron chi connectivity index (χ2n) is 3.34. The molecule has 2 aromatic rings. The van der Waals surface area contributed by atoms with Crippen molar-refractivity contribution in [3.8, 4) is 11.3 Å². The molecule has 0 aliphatic heterocycles. The number of nitrogens with zero attached hydrogens (tertiary/aromatic N) is 2. The average Bonchev–Trinajstić information content (AvgIpc) is 2.71. The maximum atomic E-state index is 11.1. The van der Waals surface area contributed by atoms with E-state index in [9.17, 15) is 4.79 Å². The molecule has 15 heavy (non-hydrogen) atoms. The highest BCUT2D eigenvalue weighted by molar-refractivity contribution is 5.96. The van der Waals surface area contributed by atoms with Crippen LogP contribution in [-0.4, -0.2) is 25.8 Å². The highest BCUT2D eigenvalue weighted by Gasteiger charge is 2.20. The minimum Gasteiger partial charge on any atom is -0.478 e. The minimum absolute atomic E-state index is 0.261. The quantitative estimate of drug-likeness (QED) is 0.778. The molecule has 2 aromatic heterocycles. The van der Waals surface area contributed by atoms with Crippen molar-refractivity contribution < 1.29 is 9.90 Å². The lowest BCUT2D eigenvalue weighted by Crippen LogP contribution is -2.00. The number of hydrogen-bond donors (Lipinski definition) is 2. The molecule has 2 rings (SSSR count). The number of carboxylic acid groups (broad SMARTS) is 1. The van der Waals surface area contributed by atoms with E-state index in [2.05, 4.69) is 10.1 Å². The number of hydrogen-bond acceptors (Lipinski definition) is 2. The van der Waals surface area contributed by atoms with Gasteiger partial charge in [-0.15, -0.1) is 0 Å². The fourth-order valence-corrected chi connectivity index (χ4v) is 1.72. The summed E-state index contributed by atoms with van der Waals surface area (Å²) in [7, 11) is 1.74. The molecule has 0 saturated carbocycles. The summed E-state index contributed by atoms with van der Waals surface area (Å²) in [5.41, 5.74) is 2.25. The molecule has 0 fully saturated rings. The zero-order chi connectivity index (χ0) is 11.0. The standard InChI is InChI=1S/C10H11N3O2/c1-6-8(10(14)15)9(13(2)12-6)7-3-4-11-5-7/h3-5,11H,1-2H3,(H,14,15). The summed E-state index contributed by atoms with van der Waals surface area (Å²) in [6, 6.07) is 1.82. The maximum absolute atomic E-state index is 11.1. The SMILES string of the molecule is Cc1nn(C)c(-c2cc[nH]c2)c1C(=O)O. The van der Waals surface area contributed by atoms with Gasteiger partial charge in [0.1, 0.15) is 5.56 Å². The Labute approximate surface area is 86.4 Å². The van der Waals surface area contributed by atoms with Gasteiger partial charge < -0.3 is 10.1 Å². The third kappa shape index (κ3) is 1.41. The Hall–Kier alpha value is -2.04.